The molecule has 0 spiro atoms. The summed E-state index contributed by atoms with van der Waals surface area (Å²) in [6.07, 6.45) is -4.97. The Bertz CT molecular complexity index is 741. The van der Waals surface area contributed by atoms with Crippen LogP contribution in [0, 0.1) is 0 Å². The predicted octanol–water partition coefficient (Wildman–Crippen LogP) is 2.95. The first kappa shape index (κ1) is 17.5. The lowest BCUT2D eigenvalue weighted by atomic mass is 10.1. The highest BCUT2D eigenvalue weighted by Gasteiger charge is 2.41. The molecular formula is C13H13F4NO4S. The first-order valence-corrected chi connectivity index (χ1v) is 7.98. The van der Waals surface area contributed by atoms with Crippen molar-refractivity contribution in [1.82, 2.24) is 5.48 Å². The Morgan fingerprint density at radius 3 is 2.39 bits per heavy atom. The molecule has 10 heteroatoms. The average Bonchev–Trinajstić information content (AvgIpc) is 2.65. The second-order valence-electron chi connectivity index (χ2n) is 5.27. The molecule has 1 aromatic rings. The van der Waals surface area contributed by atoms with Crippen LogP contribution in [0.15, 0.2) is 35.1 Å². The second kappa shape index (κ2) is 5.68. The average molecular weight is 355 g/mol. The minimum absolute atomic E-state index is 0.253. The number of hydrogen-bond donors (Lipinski definition) is 1. The summed E-state index contributed by atoms with van der Waals surface area (Å²) >= 11 is 0. The number of sulfone groups is 1. The topological polar surface area (TPSA) is 64.6 Å². The van der Waals surface area contributed by atoms with Crippen molar-refractivity contribution in [2.45, 2.75) is 31.6 Å². The monoisotopic (exact) mass is 355 g/mol. The SMILES string of the molecule is CC1(C)ONC(S(=O)(=O)Cc2ccccc2OC(F)(F)F)=C1F. The lowest BCUT2D eigenvalue weighted by Crippen LogP contribution is -2.23. The zero-order chi connectivity index (χ0) is 17.5. The van der Waals surface area contributed by atoms with Crippen LogP contribution in [0.5, 0.6) is 5.75 Å². The third-order valence-corrected chi connectivity index (χ3v) is 4.56. The van der Waals surface area contributed by atoms with E-state index in [9.17, 15) is 26.0 Å². The van der Waals surface area contributed by atoms with E-state index in [0.717, 1.165) is 12.1 Å². The van der Waals surface area contributed by atoms with Crippen LogP contribution in [0.25, 0.3) is 0 Å². The Kier molecular flexibility index (Phi) is 4.33. The molecule has 0 amide bonds. The quantitative estimate of drug-likeness (QED) is 0.842. The lowest BCUT2D eigenvalue weighted by Gasteiger charge is -2.13. The van der Waals surface area contributed by atoms with Crippen LogP contribution in [-0.4, -0.2) is 20.4 Å². The van der Waals surface area contributed by atoms with E-state index in [1.165, 1.54) is 26.0 Å². The van der Waals surface area contributed by atoms with Gasteiger partial charge in [0.2, 0.25) is 9.84 Å². The normalized spacial score (nSPS) is 18.0. The molecule has 23 heavy (non-hydrogen) atoms. The van der Waals surface area contributed by atoms with Crippen molar-refractivity contribution in [2.75, 3.05) is 0 Å². The van der Waals surface area contributed by atoms with Crippen molar-refractivity contribution in [3.05, 3.63) is 40.7 Å². The highest BCUT2D eigenvalue weighted by molar-refractivity contribution is 7.94. The molecule has 0 unspecified atom stereocenters. The maximum absolute atomic E-state index is 14.0. The van der Waals surface area contributed by atoms with Gasteiger partial charge in [0.25, 0.3) is 0 Å². The predicted molar refractivity (Wildman–Crippen MR) is 72.2 cm³/mol. The van der Waals surface area contributed by atoms with E-state index >= 15 is 0 Å². The Hall–Kier alpha value is -1.81. The highest BCUT2D eigenvalue weighted by Crippen LogP contribution is 2.34. The van der Waals surface area contributed by atoms with E-state index < -0.39 is 44.2 Å². The highest BCUT2D eigenvalue weighted by atomic mass is 32.2. The molecule has 1 aliphatic heterocycles. The lowest BCUT2D eigenvalue weighted by molar-refractivity contribution is -0.274. The molecule has 0 saturated carbocycles. The smallest absolute Gasteiger partial charge is 0.405 e. The molecule has 1 aliphatic rings. The fourth-order valence-corrected chi connectivity index (χ4v) is 3.34. The molecular weight excluding hydrogens is 342 g/mol. The van der Waals surface area contributed by atoms with Gasteiger partial charge in [0.1, 0.15) is 11.4 Å². The summed E-state index contributed by atoms with van der Waals surface area (Å²) in [5, 5.41) is -0.802. The standard InChI is InChI=1S/C13H13F4NO4S/c1-12(2)10(14)11(18-22-12)23(19,20)7-8-5-3-4-6-9(8)21-13(15,16)17/h3-6,18H,7H2,1-2H3. The number of benzene rings is 1. The molecule has 1 aromatic carbocycles. The maximum Gasteiger partial charge on any atom is 0.573 e. The van der Waals surface area contributed by atoms with Crippen LogP contribution in [-0.2, 0) is 20.4 Å². The Labute approximate surface area is 129 Å². The van der Waals surface area contributed by atoms with Gasteiger partial charge in [-0.1, -0.05) is 18.2 Å². The molecule has 1 N–H and O–H groups in total. The van der Waals surface area contributed by atoms with Crippen molar-refractivity contribution >= 4 is 9.84 Å². The minimum atomic E-state index is -4.97. The molecule has 5 nitrogen and oxygen atoms in total. The molecule has 0 bridgehead atoms. The van der Waals surface area contributed by atoms with Gasteiger partial charge in [-0.05, 0) is 19.9 Å². The number of alkyl halides is 3. The van der Waals surface area contributed by atoms with Crippen LogP contribution >= 0.6 is 0 Å². The summed E-state index contributed by atoms with van der Waals surface area (Å²) in [7, 11) is -4.29. The molecule has 1 heterocycles. The molecule has 0 radical (unpaired) electrons. The largest absolute Gasteiger partial charge is 0.573 e. The number of halogens is 4. The van der Waals surface area contributed by atoms with Crippen molar-refractivity contribution in [3.63, 3.8) is 0 Å². The van der Waals surface area contributed by atoms with Crippen molar-refractivity contribution in [3.8, 4) is 5.75 Å². The third-order valence-electron chi connectivity index (χ3n) is 2.98. The van der Waals surface area contributed by atoms with Gasteiger partial charge in [-0.3, -0.25) is 10.3 Å². The van der Waals surface area contributed by atoms with Gasteiger partial charge in [0.05, 0.1) is 5.75 Å². The third kappa shape index (κ3) is 3.94. The molecule has 2 rings (SSSR count). The number of para-hydroxylation sites is 1. The molecule has 128 valence electrons. The van der Waals surface area contributed by atoms with Gasteiger partial charge in [0.15, 0.2) is 10.9 Å². The van der Waals surface area contributed by atoms with E-state index in [1.54, 1.807) is 0 Å². The number of hydrogen-bond acceptors (Lipinski definition) is 5. The number of nitrogens with one attached hydrogen (secondary N) is 1. The Morgan fingerprint density at radius 1 is 1.26 bits per heavy atom. The first-order valence-electron chi connectivity index (χ1n) is 6.33. The van der Waals surface area contributed by atoms with Gasteiger partial charge in [-0.2, -0.15) is 0 Å². The van der Waals surface area contributed by atoms with E-state index in [1.807, 2.05) is 5.48 Å². The first-order chi connectivity index (χ1) is 10.4. The number of ether oxygens (including phenoxy) is 1. The van der Waals surface area contributed by atoms with Crippen molar-refractivity contribution in [1.29, 1.82) is 0 Å². The van der Waals surface area contributed by atoms with Crippen molar-refractivity contribution in [2.24, 2.45) is 0 Å². The molecule has 0 saturated heterocycles. The van der Waals surface area contributed by atoms with E-state index in [2.05, 4.69) is 4.74 Å². The van der Waals surface area contributed by atoms with Gasteiger partial charge < -0.3 is 4.74 Å². The summed E-state index contributed by atoms with van der Waals surface area (Å²) in [5.41, 5.74) is 0.244. The second-order valence-corrected chi connectivity index (χ2v) is 7.20. The maximum atomic E-state index is 14.0. The van der Waals surface area contributed by atoms with E-state index in [4.69, 9.17) is 4.84 Å². The van der Waals surface area contributed by atoms with Gasteiger partial charge in [-0.25, -0.2) is 12.8 Å². The molecule has 0 fully saturated rings. The summed E-state index contributed by atoms with van der Waals surface area (Å²) in [6.45, 7) is 2.61. The summed E-state index contributed by atoms with van der Waals surface area (Å²) < 4.78 is 79.3. The van der Waals surface area contributed by atoms with Gasteiger partial charge in [0, 0.05) is 5.56 Å². The number of rotatable bonds is 4. The minimum Gasteiger partial charge on any atom is -0.405 e. The Balaban J connectivity index is 2.35. The van der Waals surface area contributed by atoms with Crippen LogP contribution in [0.2, 0.25) is 0 Å². The van der Waals surface area contributed by atoms with Crippen LogP contribution in [0.3, 0.4) is 0 Å². The van der Waals surface area contributed by atoms with Crippen LogP contribution in [0.4, 0.5) is 17.6 Å². The van der Waals surface area contributed by atoms with E-state index in [0.29, 0.717) is 0 Å². The summed E-state index contributed by atoms with van der Waals surface area (Å²) in [6, 6.07) is 4.74. The molecule has 0 aliphatic carbocycles. The van der Waals surface area contributed by atoms with Crippen LogP contribution in [0.1, 0.15) is 19.4 Å². The van der Waals surface area contributed by atoms with Crippen LogP contribution < -0.4 is 10.2 Å². The van der Waals surface area contributed by atoms with E-state index in [-0.39, 0.29) is 5.56 Å². The summed E-state index contributed by atoms with van der Waals surface area (Å²) in [4.78, 5) is 4.81. The zero-order valence-electron chi connectivity index (χ0n) is 12.1. The molecule has 0 aromatic heterocycles. The zero-order valence-corrected chi connectivity index (χ0v) is 12.9. The van der Waals surface area contributed by atoms with Gasteiger partial charge >= 0.3 is 6.36 Å². The fourth-order valence-electron chi connectivity index (χ4n) is 1.86. The summed E-state index contributed by atoms with van der Waals surface area (Å²) in [5.74, 6) is -2.59. The fraction of sp³-hybridized carbons (Fsp3) is 0.385. The van der Waals surface area contributed by atoms with Crippen molar-refractivity contribution < 1.29 is 35.6 Å². The molecule has 0 atom stereocenters. The number of hydroxylamine groups is 1. The van der Waals surface area contributed by atoms with Gasteiger partial charge in [-0.15, -0.1) is 13.2 Å². The Morgan fingerprint density at radius 2 is 1.87 bits per heavy atom.